The summed E-state index contributed by atoms with van der Waals surface area (Å²) in [5, 5.41) is 1.04. The van der Waals surface area contributed by atoms with Crippen LogP contribution in [-0.2, 0) is 18.6 Å². The van der Waals surface area contributed by atoms with Crippen molar-refractivity contribution < 1.29 is 18.6 Å². The fraction of sp³-hybridized carbons (Fsp3) is 0.200. The molecular weight excluding hydrogens is 199 g/mol. The quantitative estimate of drug-likeness (QED) is 0.670. The molecule has 0 aliphatic carbocycles. The van der Waals surface area contributed by atoms with E-state index in [4.69, 9.17) is 0 Å². The van der Waals surface area contributed by atoms with Crippen LogP contribution in [0.4, 0.5) is 0 Å². The normalized spacial score (nSPS) is 7.54. The van der Waals surface area contributed by atoms with Gasteiger partial charge in [0.25, 0.3) is 0 Å². The third kappa shape index (κ3) is 3.66. The topological polar surface area (TPSA) is 28.7 Å². The fourth-order valence-corrected chi connectivity index (χ4v) is 0.836. The van der Waals surface area contributed by atoms with Crippen molar-refractivity contribution in [2.45, 2.75) is 13.8 Å². The minimum absolute atomic E-state index is 0. The van der Waals surface area contributed by atoms with E-state index in [1.807, 2.05) is 32.2 Å². The summed E-state index contributed by atoms with van der Waals surface area (Å²) < 4.78 is 0. The Morgan fingerprint density at radius 1 is 1.31 bits per heavy atom. The first-order valence-electron chi connectivity index (χ1n) is 3.76. The Bertz CT molecular complexity index is 287. The molecule has 0 fully saturated rings. The Balaban J connectivity index is 0. The third-order valence-corrected chi connectivity index (χ3v) is 1.28. The first kappa shape index (κ1) is 14.8. The number of hydrogen-bond donors (Lipinski definition) is 1. The Hall–Kier alpha value is -0.726. The molecule has 2 aromatic heterocycles. The maximum Gasteiger partial charge on any atom is 2.00 e. The van der Waals surface area contributed by atoms with E-state index in [2.05, 4.69) is 16.2 Å². The van der Waals surface area contributed by atoms with Crippen LogP contribution in [0.3, 0.4) is 0 Å². The number of pyridine rings is 1. The molecule has 3 heteroatoms. The van der Waals surface area contributed by atoms with Gasteiger partial charge in [0.05, 0.1) is 0 Å². The zero-order chi connectivity index (χ0) is 8.10. The minimum atomic E-state index is 0. The van der Waals surface area contributed by atoms with Gasteiger partial charge in [0.1, 0.15) is 0 Å². The molecule has 0 bridgehead atoms. The zero-order valence-electron chi connectivity index (χ0n) is 8.20. The van der Waals surface area contributed by atoms with Crippen LogP contribution in [0.1, 0.15) is 13.8 Å². The van der Waals surface area contributed by atoms with Crippen molar-refractivity contribution in [3.63, 3.8) is 0 Å². The number of rotatable bonds is 0. The van der Waals surface area contributed by atoms with Crippen molar-refractivity contribution in [2.24, 2.45) is 0 Å². The van der Waals surface area contributed by atoms with Crippen LogP contribution in [0.5, 0.6) is 0 Å². The third-order valence-electron chi connectivity index (χ3n) is 1.28. The number of H-pyrrole nitrogens is 1. The van der Waals surface area contributed by atoms with E-state index in [-0.39, 0.29) is 26.0 Å². The first-order valence-corrected chi connectivity index (χ1v) is 3.76. The summed E-state index contributed by atoms with van der Waals surface area (Å²) in [6.45, 7) is 4.00. The molecule has 2 nitrogen and oxygen atoms in total. The molecule has 13 heavy (non-hydrogen) atoms. The van der Waals surface area contributed by atoms with E-state index in [0.717, 1.165) is 10.9 Å². The predicted octanol–water partition coefficient (Wildman–Crippen LogP) is 2.84. The number of aromatic amines is 1. The van der Waals surface area contributed by atoms with Gasteiger partial charge in [-0.15, -0.1) is 17.5 Å². The summed E-state index contributed by atoms with van der Waals surface area (Å²) in [4.78, 5) is 6.89. The van der Waals surface area contributed by atoms with E-state index in [9.17, 15) is 0 Å². The van der Waals surface area contributed by atoms with E-state index in [1.165, 1.54) is 0 Å². The van der Waals surface area contributed by atoms with Crippen LogP contribution in [0.2, 0.25) is 0 Å². The molecule has 2 heterocycles. The van der Waals surface area contributed by atoms with Crippen LogP contribution in [0.25, 0.3) is 10.9 Å². The number of aromatic nitrogens is 2. The summed E-state index contributed by atoms with van der Waals surface area (Å²) in [6, 6.07) is 3.87. The molecule has 0 atom stereocenters. The standard InChI is InChI=1S/C7H5N2.C2H6.CH3.V/c1-4-9-7-2-3-8-5-6(1)7;1-2;;/h1-4,9H;1-2H3;1H3;/q-1;;-1;+2. The van der Waals surface area contributed by atoms with Gasteiger partial charge in [0.2, 0.25) is 0 Å². The van der Waals surface area contributed by atoms with Crippen molar-refractivity contribution in [3.8, 4) is 0 Å². The molecule has 0 saturated heterocycles. The summed E-state index contributed by atoms with van der Waals surface area (Å²) in [7, 11) is 0. The molecule has 0 aliphatic rings. The Labute approximate surface area is 91.7 Å². The maximum absolute atomic E-state index is 3.84. The molecule has 0 unspecified atom stereocenters. The molecular formula is C10H14N2V. The van der Waals surface area contributed by atoms with Gasteiger partial charge < -0.3 is 17.4 Å². The number of nitrogens with zero attached hydrogens (tertiary/aromatic N) is 1. The second-order valence-electron chi connectivity index (χ2n) is 1.86. The average molecular weight is 213 g/mol. The van der Waals surface area contributed by atoms with Gasteiger partial charge in [-0.05, 0) is 17.9 Å². The van der Waals surface area contributed by atoms with Crippen molar-refractivity contribution >= 4 is 10.9 Å². The Morgan fingerprint density at radius 3 is 2.62 bits per heavy atom. The maximum atomic E-state index is 3.84. The van der Waals surface area contributed by atoms with Gasteiger partial charge in [0.15, 0.2) is 0 Å². The molecule has 2 rings (SSSR count). The Morgan fingerprint density at radius 2 is 2.00 bits per heavy atom. The number of fused-ring (bicyclic) bond motifs is 1. The van der Waals surface area contributed by atoms with Gasteiger partial charge >= 0.3 is 18.6 Å². The second kappa shape index (κ2) is 7.90. The number of nitrogens with one attached hydrogen (secondary N) is 1. The van der Waals surface area contributed by atoms with Crippen LogP contribution in [-0.4, -0.2) is 9.97 Å². The van der Waals surface area contributed by atoms with Crippen molar-refractivity contribution in [2.75, 3.05) is 0 Å². The first-order chi connectivity index (χ1) is 5.47. The van der Waals surface area contributed by atoms with E-state index in [1.54, 1.807) is 6.20 Å². The van der Waals surface area contributed by atoms with Crippen molar-refractivity contribution in [3.05, 3.63) is 38.1 Å². The molecule has 1 radical (unpaired) electrons. The van der Waals surface area contributed by atoms with Gasteiger partial charge in [-0.1, -0.05) is 20.0 Å². The van der Waals surface area contributed by atoms with Gasteiger partial charge in [-0.3, -0.25) is 0 Å². The average Bonchev–Trinajstić information content (AvgIpc) is 2.55. The van der Waals surface area contributed by atoms with Gasteiger partial charge in [-0.25, -0.2) is 0 Å². The van der Waals surface area contributed by atoms with E-state index >= 15 is 0 Å². The largest absolute Gasteiger partial charge is 2.00 e. The Kier molecular flexibility index (Phi) is 8.98. The fourth-order valence-electron chi connectivity index (χ4n) is 0.836. The molecule has 2 aromatic rings. The molecule has 0 spiro atoms. The van der Waals surface area contributed by atoms with E-state index < -0.39 is 0 Å². The van der Waals surface area contributed by atoms with Crippen LogP contribution in [0.15, 0.2) is 24.5 Å². The SMILES string of the molecule is CC.[CH3-].[V+2].[c-]1nccc2[nH]ccc12. The summed E-state index contributed by atoms with van der Waals surface area (Å²) in [5.41, 5.74) is 1.09. The second-order valence-corrected chi connectivity index (χ2v) is 1.86. The molecule has 0 aromatic carbocycles. The number of hydrogen-bond acceptors (Lipinski definition) is 1. The predicted molar refractivity (Wildman–Crippen MR) is 52.7 cm³/mol. The molecule has 69 valence electrons. The van der Waals surface area contributed by atoms with Gasteiger partial charge in [0, 0.05) is 0 Å². The zero-order valence-corrected chi connectivity index (χ0v) is 9.60. The van der Waals surface area contributed by atoms with Gasteiger partial charge in [-0.2, -0.15) is 0 Å². The van der Waals surface area contributed by atoms with Crippen LogP contribution >= 0.6 is 0 Å². The van der Waals surface area contributed by atoms with E-state index in [0.29, 0.717) is 0 Å². The van der Waals surface area contributed by atoms with Crippen LogP contribution < -0.4 is 0 Å². The monoisotopic (exact) mass is 213 g/mol. The minimum Gasteiger partial charge on any atom is -0.409 e. The molecule has 0 amide bonds. The smallest absolute Gasteiger partial charge is 0.409 e. The summed E-state index contributed by atoms with van der Waals surface area (Å²) in [5.74, 6) is 0. The molecule has 1 N–H and O–H groups in total. The summed E-state index contributed by atoms with van der Waals surface area (Å²) in [6.07, 6.45) is 6.45. The van der Waals surface area contributed by atoms with Crippen molar-refractivity contribution in [1.82, 2.24) is 9.97 Å². The van der Waals surface area contributed by atoms with Crippen LogP contribution in [0, 0.1) is 13.6 Å². The van der Waals surface area contributed by atoms with Crippen molar-refractivity contribution in [1.29, 1.82) is 0 Å². The summed E-state index contributed by atoms with van der Waals surface area (Å²) >= 11 is 0. The molecule has 0 aliphatic heterocycles. The molecule has 0 saturated carbocycles.